The molecule has 0 spiro atoms. The quantitative estimate of drug-likeness (QED) is 0.542. The summed E-state index contributed by atoms with van der Waals surface area (Å²) in [5, 5.41) is 4.22. The average molecular weight is 443 g/mol. The molecule has 1 aromatic carbocycles. The number of halogens is 6. The first-order valence-electron chi connectivity index (χ1n) is 8.36. The normalized spacial score (nSPS) is 11.8. The van der Waals surface area contributed by atoms with Crippen molar-refractivity contribution >= 4 is 23.2 Å². The summed E-state index contributed by atoms with van der Waals surface area (Å²) in [6.45, 7) is 0. The lowest BCUT2D eigenvalue weighted by Crippen LogP contribution is -2.18. The number of hydrogen-bond acceptors (Lipinski definition) is 4. The van der Waals surface area contributed by atoms with Crippen molar-refractivity contribution in [2.24, 2.45) is 0 Å². The van der Waals surface area contributed by atoms with Gasteiger partial charge in [0, 0.05) is 11.9 Å². The maximum Gasteiger partial charge on any atom is 0.433 e. The second-order valence-electron chi connectivity index (χ2n) is 6.07. The van der Waals surface area contributed by atoms with Crippen LogP contribution in [0.3, 0.4) is 0 Å². The number of carbonyl (C=O) groups is 2. The minimum absolute atomic E-state index is 0.124. The molecule has 2 aromatic heterocycles. The molecule has 0 bridgehead atoms. The van der Waals surface area contributed by atoms with E-state index in [4.69, 9.17) is 4.42 Å². The van der Waals surface area contributed by atoms with E-state index in [1.165, 1.54) is 18.4 Å². The third-order valence-corrected chi connectivity index (χ3v) is 3.89. The fourth-order valence-corrected chi connectivity index (χ4v) is 2.46. The number of anilines is 2. The maximum absolute atomic E-state index is 13.5. The van der Waals surface area contributed by atoms with Gasteiger partial charge >= 0.3 is 12.4 Å². The minimum atomic E-state index is -4.91. The molecule has 0 radical (unpaired) electrons. The van der Waals surface area contributed by atoms with Crippen LogP contribution < -0.4 is 10.6 Å². The number of nitrogens with zero attached hydrogens (tertiary/aromatic N) is 1. The van der Waals surface area contributed by atoms with Crippen molar-refractivity contribution < 1.29 is 40.3 Å². The Morgan fingerprint density at radius 3 is 2.16 bits per heavy atom. The van der Waals surface area contributed by atoms with E-state index in [-0.39, 0.29) is 17.0 Å². The Bertz CT molecular complexity index is 1090. The predicted molar refractivity (Wildman–Crippen MR) is 95.3 cm³/mol. The van der Waals surface area contributed by atoms with E-state index in [0.29, 0.717) is 18.3 Å². The van der Waals surface area contributed by atoms with Crippen LogP contribution in [0.25, 0.3) is 0 Å². The van der Waals surface area contributed by atoms with Crippen molar-refractivity contribution in [1.29, 1.82) is 0 Å². The van der Waals surface area contributed by atoms with Crippen molar-refractivity contribution in [2.75, 3.05) is 10.6 Å². The van der Waals surface area contributed by atoms with Crippen molar-refractivity contribution in [2.45, 2.75) is 12.4 Å². The first-order valence-corrected chi connectivity index (χ1v) is 8.36. The number of nitrogens with one attached hydrogen (secondary N) is 2. The van der Waals surface area contributed by atoms with Gasteiger partial charge in [0.15, 0.2) is 5.76 Å². The van der Waals surface area contributed by atoms with Crippen molar-refractivity contribution in [3.8, 4) is 0 Å². The fourth-order valence-electron chi connectivity index (χ4n) is 2.46. The summed E-state index contributed by atoms with van der Waals surface area (Å²) in [7, 11) is 0. The van der Waals surface area contributed by atoms with Gasteiger partial charge in [-0.1, -0.05) is 0 Å². The van der Waals surface area contributed by atoms with Crippen LogP contribution in [0.15, 0.2) is 59.3 Å². The Balaban J connectivity index is 1.83. The van der Waals surface area contributed by atoms with Gasteiger partial charge in [-0.3, -0.25) is 14.6 Å². The SMILES string of the molecule is O=C(Nc1ccc(NC(=O)c2ccco2)cc1C(F)(F)F)c1ccc(C(F)(F)F)nc1. The van der Waals surface area contributed by atoms with Crippen LogP contribution in [-0.2, 0) is 12.4 Å². The lowest BCUT2D eigenvalue weighted by Gasteiger charge is -2.16. The van der Waals surface area contributed by atoms with Gasteiger partial charge in [0.2, 0.25) is 0 Å². The molecule has 2 N–H and O–H groups in total. The summed E-state index contributed by atoms with van der Waals surface area (Å²) in [6.07, 6.45) is -7.82. The smallest absolute Gasteiger partial charge is 0.433 e. The third kappa shape index (κ3) is 5.21. The topological polar surface area (TPSA) is 84.2 Å². The second kappa shape index (κ2) is 8.13. The summed E-state index contributed by atoms with van der Waals surface area (Å²) in [5.41, 5.74) is -3.79. The number of carbonyl (C=O) groups excluding carboxylic acids is 2. The zero-order chi connectivity index (χ0) is 22.8. The second-order valence-corrected chi connectivity index (χ2v) is 6.07. The lowest BCUT2D eigenvalue weighted by molar-refractivity contribution is -0.141. The number of pyridine rings is 1. The lowest BCUT2D eigenvalue weighted by atomic mass is 10.1. The number of aromatic nitrogens is 1. The molecule has 6 nitrogen and oxygen atoms in total. The highest BCUT2D eigenvalue weighted by atomic mass is 19.4. The van der Waals surface area contributed by atoms with Gasteiger partial charge in [-0.2, -0.15) is 26.3 Å². The van der Waals surface area contributed by atoms with Crippen LogP contribution in [0.4, 0.5) is 37.7 Å². The van der Waals surface area contributed by atoms with Gasteiger partial charge in [-0.05, 0) is 42.5 Å². The first-order chi connectivity index (χ1) is 14.4. The van der Waals surface area contributed by atoms with Gasteiger partial charge < -0.3 is 15.1 Å². The highest BCUT2D eigenvalue weighted by Crippen LogP contribution is 2.37. The molecule has 162 valence electrons. The van der Waals surface area contributed by atoms with Gasteiger partial charge in [-0.15, -0.1) is 0 Å². The molecular formula is C19H11F6N3O3. The Morgan fingerprint density at radius 2 is 1.61 bits per heavy atom. The molecule has 0 unspecified atom stereocenters. The number of furan rings is 1. The van der Waals surface area contributed by atoms with Crippen molar-refractivity contribution in [3.05, 3.63) is 77.5 Å². The molecule has 0 fully saturated rings. The van der Waals surface area contributed by atoms with Gasteiger partial charge in [-0.25, -0.2) is 0 Å². The molecule has 0 aliphatic heterocycles. The summed E-state index contributed by atoms with van der Waals surface area (Å²) in [5.74, 6) is -2.01. The first kappa shape index (κ1) is 21.9. The molecule has 3 aromatic rings. The van der Waals surface area contributed by atoms with Crippen molar-refractivity contribution in [3.63, 3.8) is 0 Å². The number of alkyl halides is 6. The summed E-state index contributed by atoms with van der Waals surface area (Å²) in [4.78, 5) is 27.2. The highest BCUT2D eigenvalue weighted by molar-refractivity contribution is 6.05. The van der Waals surface area contributed by atoms with Crippen LogP contribution >= 0.6 is 0 Å². The molecule has 2 heterocycles. The average Bonchev–Trinajstić information content (AvgIpc) is 3.23. The van der Waals surface area contributed by atoms with Crippen LogP contribution in [0, 0.1) is 0 Å². The number of hydrogen-bond donors (Lipinski definition) is 2. The fraction of sp³-hybridized carbons (Fsp3) is 0.105. The summed E-state index contributed by atoms with van der Waals surface area (Å²) >= 11 is 0. The molecule has 3 rings (SSSR count). The Kier molecular flexibility index (Phi) is 5.73. The van der Waals surface area contributed by atoms with Crippen molar-refractivity contribution in [1.82, 2.24) is 4.98 Å². The largest absolute Gasteiger partial charge is 0.459 e. The Labute approximate surface area is 169 Å². The third-order valence-electron chi connectivity index (χ3n) is 3.89. The Hall–Kier alpha value is -3.83. The zero-order valence-corrected chi connectivity index (χ0v) is 15.1. The van der Waals surface area contributed by atoms with E-state index in [1.807, 2.05) is 5.32 Å². The van der Waals surface area contributed by atoms with Crippen LogP contribution in [-0.4, -0.2) is 16.8 Å². The van der Waals surface area contributed by atoms with Gasteiger partial charge in [0.25, 0.3) is 11.8 Å². The molecule has 2 amide bonds. The molecule has 0 aliphatic rings. The molecule has 31 heavy (non-hydrogen) atoms. The maximum atomic E-state index is 13.5. The summed E-state index contributed by atoms with van der Waals surface area (Å²) < 4.78 is 82.9. The van der Waals surface area contributed by atoms with Crippen LogP contribution in [0.1, 0.15) is 32.2 Å². The van der Waals surface area contributed by atoms with E-state index in [2.05, 4.69) is 10.3 Å². The monoisotopic (exact) mass is 443 g/mol. The van der Waals surface area contributed by atoms with Crippen LogP contribution in [0.5, 0.6) is 0 Å². The molecular weight excluding hydrogens is 432 g/mol. The predicted octanol–water partition coefficient (Wildman–Crippen LogP) is 5.22. The minimum Gasteiger partial charge on any atom is -0.459 e. The highest BCUT2D eigenvalue weighted by Gasteiger charge is 2.35. The molecule has 0 saturated heterocycles. The number of rotatable bonds is 4. The molecule has 0 atom stereocenters. The standard InChI is InChI=1S/C19H11F6N3O3/c20-18(21,22)12-8-11(27-17(30)14-2-1-7-31-14)4-5-13(12)28-16(29)10-3-6-15(26-9-10)19(23,24)25/h1-9H,(H,27,30)(H,28,29). The van der Waals surface area contributed by atoms with E-state index in [9.17, 15) is 35.9 Å². The van der Waals surface area contributed by atoms with E-state index < -0.39 is 41.1 Å². The Morgan fingerprint density at radius 1 is 0.871 bits per heavy atom. The van der Waals surface area contributed by atoms with E-state index in [1.54, 1.807) is 0 Å². The molecule has 0 aliphatic carbocycles. The number of benzene rings is 1. The van der Waals surface area contributed by atoms with E-state index in [0.717, 1.165) is 18.2 Å². The van der Waals surface area contributed by atoms with Gasteiger partial charge in [0.1, 0.15) is 5.69 Å². The summed E-state index contributed by atoms with van der Waals surface area (Å²) in [6, 6.07) is 6.66. The molecule has 0 saturated carbocycles. The molecule has 12 heteroatoms. The zero-order valence-electron chi connectivity index (χ0n) is 15.1. The van der Waals surface area contributed by atoms with Crippen LogP contribution in [0.2, 0.25) is 0 Å². The number of amides is 2. The van der Waals surface area contributed by atoms with Gasteiger partial charge in [0.05, 0.1) is 23.1 Å². The van der Waals surface area contributed by atoms with E-state index >= 15 is 0 Å².